The van der Waals surface area contributed by atoms with Gasteiger partial charge in [0.1, 0.15) is 10.7 Å². The minimum atomic E-state index is -3.80. The van der Waals surface area contributed by atoms with E-state index in [4.69, 9.17) is 16.0 Å². The number of hydrogen-bond donors (Lipinski definition) is 3. The Hall–Kier alpha value is -2.36. The molecular weight excluding hydrogens is 370 g/mol. The number of carbonyl (C=O) groups is 2. The van der Waals surface area contributed by atoms with E-state index in [1.54, 1.807) is 12.1 Å². The van der Waals surface area contributed by atoms with Gasteiger partial charge in [-0.2, -0.15) is 0 Å². The third-order valence-corrected chi connectivity index (χ3v) is 5.10. The van der Waals surface area contributed by atoms with E-state index in [1.165, 1.54) is 25.4 Å². The van der Waals surface area contributed by atoms with E-state index < -0.39 is 21.8 Å². The molecule has 0 aliphatic heterocycles. The van der Waals surface area contributed by atoms with Crippen molar-refractivity contribution < 1.29 is 22.4 Å². The summed E-state index contributed by atoms with van der Waals surface area (Å²) >= 11 is 5.86. The topological polar surface area (TPSA) is 118 Å². The molecule has 2 aromatic rings. The van der Waals surface area contributed by atoms with Crippen LogP contribution in [0.25, 0.3) is 0 Å². The van der Waals surface area contributed by atoms with Crippen LogP contribution in [0.2, 0.25) is 5.02 Å². The molecule has 3 N–H and O–H groups in total. The van der Waals surface area contributed by atoms with Crippen LogP contribution >= 0.6 is 11.6 Å². The first-order valence-electron chi connectivity index (χ1n) is 7.14. The van der Waals surface area contributed by atoms with Crippen LogP contribution in [0.3, 0.4) is 0 Å². The van der Waals surface area contributed by atoms with E-state index in [9.17, 15) is 18.0 Å². The van der Waals surface area contributed by atoms with E-state index in [2.05, 4.69) is 15.4 Å². The van der Waals surface area contributed by atoms with Crippen molar-refractivity contribution in [3.8, 4) is 0 Å². The van der Waals surface area contributed by atoms with Gasteiger partial charge in [0.05, 0.1) is 24.4 Å². The fourth-order valence-corrected chi connectivity index (χ4v) is 3.13. The Kier molecular flexibility index (Phi) is 6.18. The highest BCUT2D eigenvalue weighted by atomic mass is 35.5. The smallest absolute Gasteiger partial charge is 0.251 e. The van der Waals surface area contributed by atoms with Crippen molar-refractivity contribution in [3.63, 3.8) is 0 Å². The molecule has 0 unspecified atom stereocenters. The normalized spacial score (nSPS) is 11.1. The monoisotopic (exact) mass is 385 g/mol. The molecule has 0 radical (unpaired) electrons. The summed E-state index contributed by atoms with van der Waals surface area (Å²) in [6, 6.07) is 7.21. The van der Waals surface area contributed by atoms with Gasteiger partial charge >= 0.3 is 0 Å². The fraction of sp³-hybridized carbons (Fsp3) is 0.200. The van der Waals surface area contributed by atoms with Crippen LogP contribution < -0.4 is 15.4 Å². The third-order valence-electron chi connectivity index (χ3n) is 3.20. The molecule has 0 aliphatic rings. The molecule has 134 valence electrons. The first kappa shape index (κ1) is 19.0. The lowest BCUT2D eigenvalue weighted by Crippen LogP contribution is -2.36. The van der Waals surface area contributed by atoms with Gasteiger partial charge in [-0.05, 0) is 37.4 Å². The van der Waals surface area contributed by atoms with E-state index in [0.717, 1.165) is 6.07 Å². The number of nitrogens with one attached hydrogen (secondary N) is 3. The molecule has 0 atom stereocenters. The molecule has 1 aromatic heterocycles. The average molecular weight is 386 g/mol. The molecule has 1 aromatic carbocycles. The van der Waals surface area contributed by atoms with E-state index in [0.29, 0.717) is 5.76 Å². The quantitative estimate of drug-likeness (QED) is 0.654. The van der Waals surface area contributed by atoms with Crippen LogP contribution in [-0.2, 0) is 21.4 Å². The van der Waals surface area contributed by atoms with E-state index in [1.807, 2.05) is 0 Å². The van der Waals surface area contributed by atoms with Crippen molar-refractivity contribution in [2.45, 2.75) is 11.4 Å². The highest BCUT2D eigenvalue weighted by Gasteiger charge is 2.18. The maximum Gasteiger partial charge on any atom is 0.251 e. The van der Waals surface area contributed by atoms with Gasteiger partial charge in [-0.3, -0.25) is 9.59 Å². The Morgan fingerprint density at radius 1 is 1.20 bits per heavy atom. The van der Waals surface area contributed by atoms with Gasteiger partial charge in [0.25, 0.3) is 5.91 Å². The number of sulfonamides is 1. The Balaban J connectivity index is 1.96. The van der Waals surface area contributed by atoms with Crippen molar-refractivity contribution in [1.29, 1.82) is 0 Å². The molecule has 0 bridgehead atoms. The zero-order valence-electron chi connectivity index (χ0n) is 13.2. The van der Waals surface area contributed by atoms with Crippen molar-refractivity contribution in [2.75, 3.05) is 13.6 Å². The third kappa shape index (κ3) is 5.05. The highest BCUT2D eigenvalue weighted by molar-refractivity contribution is 7.89. The molecule has 10 heteroatoms. The van der Waals surface area contributed by atoms with Gasteiger partial charge in [-0.15, -0.1) is 0 Å². The van der Waals surface area contributed by atoms with Crippen LogP contribution in [-0.4, -0.2) is 33.8 Å². The Morgan fingerprint density at radius 3 is 2.60 bits per heavy atom. The van der Waals surface area contributed by atoms with E-state index in [-0.39, 0.29) is 28.6 Å². The van der Waals surface area contributed by atoms with Gasteiger partial charge in [0.2, 0.25) is 15.9 Å². The van der Waals surface area contributed by atoms with Crippen LogP contribution in [0, 0.1) is 0 Å². The molecule has 0 saturated heterocycles. The summed E-state index contributed by atoms with van der Waals surface area (Å²) in [6.07, 6.45) is 1.49. The van der Waals surface area contributed by atoms with Crippen molar-refractivity contribution in [2.24, 2.45) is 0 Å². The summed E-state index contributed by atoms with van der Waals surface area (Å²) in [5.74, 6) is -0.432. The summed E-state index contributed by atoms with van der Waals surface area (Å²) in [5.41, 5.74) is 0.0667. The van der Waals surface area contributed by atoms with Gasteiger partial charge in [-0.25, -0.2) is 13.1 Å². The molecule has 1 heterocycles. The van der Waals surface area contributed by atoms with Crippen LogP contribution in [0.5, 0.6) is 0 Å². The summed E-state index contributed by atoms with van der Waals surface area (Å²) in [6.45, 7) is -0.0660. The number of furan rings is 1. The summed E-state index contributed by atoms with van der Waals surface area (Å²) in [7, 11) is -2.56. The molecule has 0 aliphatic carbocycles. The number of hydrogen-bond acceptors (Lipinski definition) is 5. The fourth-order valence-electron chi connectivity index (χ4n) is 1.88. The zero-order valence-corrected chi connectivity index (χ0v) is 14.8. The Bertz CT molecular complexity index is 865. The SMILES string of the molecule is CNS(=O)(=O)c1cc(C(=O)NCC(=O)NCc2ccco2)ccc1Cl. The van der Waals surface area contributed by atoms with Crippen molar-refractivity contribution >= 4 is 33.4 Å². The molecule has 25 heavy (non-hydrogen) atoms. The predicted molar refractivity (Wildman–Crippen MR) is 90.6 cm³/mol. The largest absolute Gasteiger partial charge is 0.467 e. The minimum absolute atomic E-state index is 0.0120. The molecule has 0 spiro atoms. The van der Waals surface area contributed by atoms with Crippen LogP contribution in [0.15, 0.2) is 45.9 Å². The molecule has 2 rings (SSSR count). The average Bonchev–Trinajstić information content (AvgIpc) is 3.11. The number of rotatable bonds is 7. The molecule has 8 nitrogen and oxygen atoms in total. The number of carbonyl (C=O) groups excluding carboxylic acids is 2. The molecular formula is C15H16ClN3O5S. The second-order valence-corrected chi connectivity index (χ2v) is 7.15. The van der Waals surface area contributed by atoms with Gasteiger partial charge < -0.3 is 15.1 Å². The lowest BCUT2D eigenvalue weighted by molar-refractivity contribution is -0.120. The minimum Gasteiger partial charge on any atom is -0.467 e. The summed E-state index contributed by atoms with van der Waals surface area (Å²) in [5, 5.41) is 4.96. The summed E-state index contributed by atoms with van der Waals surface area (Å²) in [4.78, 5) is 23.6. The maximum absolute atomic E-state index is 12.1. The summed E-state index contributed by atoms with van der Waals surface area (Å²) < 4.78 is 30.9. The first-order valence-corrected chi connectivity index (χ1v) is 9.00. The van der Waals surface area contributed by atoms with E-state index >= 15 is 0 Å². The Morgan fingerprint density at radius 2 is 1.96 bits per heavy atom. The lowest BCUT2D eigenvalue weighted by atomic mass is 10.2. The standard InChI is InChI=1S/C15H16ClN3O5S/c1-17-25(22,23)13-7-10(4-5-12(13)16)15(21)19-9-14(20)18-8-11-3-2-6-24-11/h2-7,17H,8-9H2,1H3,(H,18,20)(H,19,21). The predicted octanol–water partition coefficient (Wildman–Crippen LogP) is 0.887. The first-order chi connectivity index (χ1) is 11.8. The zero-order chi connectivity index (χ0) is 18.4. The van der Waals surface area contributed by atoms with Gasteiger partial charge in [0.15, 0.2) is 0 Å². The maximum atomic E-state index is 12.1. The van der Waals surface area contributed by atoms with Gasteiger partial charge in [0, 0.05) is 5.56 Å². The number of halogens is 1. The van der Waals surface area contributed by atoms with Gasteiger partial charge in [-0.1, -0.05) is 11.6 Å². The second-order valence-electron chi connectivity index (χ2n) is 4.89. The lowest BCUT2D eigenvalue weighted by Gasteiger charge is -2.09. The van der Waals surface area contributed by atoms with Crippen molar-refractivity contribution in [3.05, 3.63) is 52.9 Å². The van der Waals surface area contributed by atoms with Crippen molar-refractivity contribution in [1.82, 2.24) is 15.4 Å². The second kappa shape index (κ2) is 8.15. The highest BCUT2D eigenvalue weighted by Crippen LogP contribution is 2.22. The number of benzene rings is 1. The molecule has 0 saturated carbocycles. The number of amides is 2. The Labute approximate surface area is 149 Å². The van der Waals surface area contributed by atoms with Crippen LogP contribution in [0.1, 0.15) is 16.1 Å². The molecule has 0 fully saturated rings. The molecule has 2 amide bonds. The van der Waals surface area contributed by atoms with Crippen LogP contribution in [0.4, 0.5) is 0 Å².